The van der Waals surface area contributed by atoms with Crippen molar-refractivity contribution in [1.82, 2.24) is 15.0 Å². The highest BCUT2D eigenvalue weighted by atomic mass is 31.2. The maximum absolute atomic E-state index is 9.91. The van der Waals surface area contributed by atoms with Gasteiger partial charge < -0.3 is 0 Å². The minimum absolute atomic E-state index is 0.137. The average Bonchev–Trinajstić information content (AvgIpc) is 2.54. The van der Waals surface area contributed by atoms with E-state index in [2.05, 4.69) is 10.3 Å². The first-order chi connectivity index (χ1) is 7.68. The Labute approximate surface area is 94.0 Å². The summed E-state index contributed by atoms with van der Waals surface area (Å²) in [5.41, 5.74) is 0.632. The predicted molar refractivity (Wildman–Crippen MR) is 56.1 cm³/mol. The van der Waals surface area contributed by atoms with Crippen molar-refractivity contribution in [2.24, 2.45) is 7.05 Å². The first-order valence-corrected chi connectivity index (χ1v) is 6.58. The predicted octanol–water partition coefficient (Wildman–Crippen LogP) is 0.829. The van der Waals surface area contributed by atoms with Crippen molar-refractivity contribution >= 4 is 8.17 Å². The van der Waals surface area contributed by atoms with Crippen LogP contribution in [0, 0.1) is 0 Å². The van der Waals surface area contributed by atoms with Gasteiger partial charge in [-0.25, -0.2) is 0 Å². The molecule has 2 heterocycles. The molecule has 2 rings (SSSR count). The van der Waals surface area contributed by atoms with Gasteiger partial charge in [0.25, 0.3) is 0 Å². The van der Waals surface area contributed by atoms with Crippen LogP contribution in [-0.2, 0) is 27.2 Å². The molecule has 1 N–H and O–H groups in total. The second-order valence-electron chi connectivity index (χ2n) is 3.50. The summed E-state index contributed by atoms with van der Waals surface area (Å²) in [5, 5.41) is 7.60. The zero-order chi connectivity index (χ0) is 11.4. The molecule has 1 aromatic heterocycles. The molecule has 0 spiro atoms. The summed E-state index contributed by atoms with van der Waals surface area (Å²) in [6.07, 6.45) is 3.46. The fourth-order valence-corrected chi connectivity index (χ4v) is 2.52. The van der Waals surface area contributed by atoms with E-state index in [-0.39, 0.29) is 6.61 Å². The maximum atomic E-state index is 9.91. The fraction of sp³-hybridized carbons (Fsp3) is 0.750. The number of aryl methyl sites for hydroxylation is 1. The van der Waals surface area contributed by atoms with Crippen LogP contribution in [0.15, 0.2) is 6.20 Å². The molecule has 0 aliphatic carbocycles. The van der Waals surface area contributed by atoms with Crippen LogP contribution >= 0.6 is 8.17 Å². The molecule has 1 fully saturated rings. The molecule has 1 saturated heterocycles. The van der Waals surface area contributed by atoms with Crippen molar-refractivity contribution in [3.63, 3.8) is 0 Å². The molecule has 0 saturated carbocycles. The summed E-state index contributed by atoms with van der Waals surface area (Å²) in [4.78, 5) is 9.91. The molecule has 1 aromatic rings. The fourth-order valence-electron chi connectivity index (χ4n) is 1.28. The second-order valence-corrected chi connectivity index (χ2v) is 5.21. The van der Waals surface area contributed by atoms with Gasteiger partial charge in [-0.3, -0.25) is 4.68 Å². The minimum Gasteiger partial charge on any atom is -0.255 e. The highest BCUT2D eigenvalue weighted by molar-refractivity contribution is 7.55. The highest BCUT2D eigenvalue weighted by Gasteiger charge is 2.46. The van der Waals surface area contributed by atoms with Crippen LogP contribution < -0.4 is 0 Å². The molecule has 0 atom stereocenters. The van der Waals surface area contributed by atoms with Gasteiger partial charge in [-0.15, -0.1) is 9.62 Å². The Kier molecular flexibility index (Phi) is 3.83. The second kappa shape index (κ2) is 5.16. The van der Waals surface area contributed by atoms with E-state index in [9.17, 15) is 4.89 Å². The first kappa shape index (κ1) is 11.9. The monoisotopic (exact) mass is 248 g/mol. The Morgan fingerprint density at radius 2 is 2.19 bits per heavy atom. The van der Waals surface area contributed by atoms with Gasteiger partial charge in [0.2, 0.25) is 0 Å². The van der Waals surface area contributed by atoms with Crippen molar-refractivity contribution in [1.29, 1.82) is 0 Å². The SMILES string of the molecule is Cn1cc(CO[P+]2(O)OCCCCO2)nn1. The Morgan fingerprint density at radius 1 is 1.50 bits per heavy atom. The highest BCUT2D eigenvalue weighted by Crippen LogP contribution is 2.59. The summed E-state index contributed by atoms with van der Waals surface area (Å²) in [6.45, 7) is 1.06. The molecule has 0 radical (unpaired) electrons. The van der Waals surface area contributed by atoms with Crippen LogP contribution in [-0.4, -0.2) is 33.1 Å². The van der Waals surface area contributed by atoms with Crippen LogP contribution in [0.2, 0.25) is 0 Å². The largest absolute Gasteiger partial charge is 0.572 e. The molecule has 8 heteroatoms. The Hall–Kier alpha value is -0.590. The van der Waals surface area contributed by atoms with E-state index in [4.69, 9.17) is 13.6 Å². The molecule has 0 aromatic carbocycles. The zero-order valence-corrected chi connectivity index (χ0v) is 9.97. The van der Waals surface area contributed by atoms with E-state index in [1.807, 2.05) is 0 Å². The summed E-state index contributed by atoms with van der Waals surface area (Å²) in [6, 6.07) is 0. The molecule has 0 bridgehead atoms. The Balaban J connectivity index is 1.87. The maximum Gasteiger partial charge on any atom is 0.572 e. The lowest BCUT2D eigenvalue weighted by molar-refractivity contribution is 0.0917. The summed E-state index contributed by atoms with van der Waals surface area (Å²) in [7, 11) is -1.38. The smallest absolute Gasteiger partial charge is 0.255 e. The quantitative estimate of drug-likeness (QED) is 0.798. The third kappa shape index (κ3) is 3.20. The van der Waals surface area contributed by atoms with E-state index in [1.54, 1.807) is 17.9 Å². The molecular weight excluding hydrogens is 233 g/mol. The van der Waals surface area contributed by atoms with Gasteiger partial charge in [0.05, 0.1) is 6.20 Å². The number of rotatable bonds is 3. The Morgan fingerprint density at radius 3 is 2.75 bits per heavy atom. The lowest BCUT2D eigenvalue weighted by Gasteiger charge is -2.10. The van der Waals surface area contributed by atoms with E-state index in [1.165, 1.54) is 0 Å². The van der Waals surface area contributed by atoms with E-state index < -0.39 is 8.17 Å². The molecule has 7 nitrogen and oxygen atoms in total. The van der Waals surface area contributed by atoms with E-state index in [0.717, 1.165) is 12.8 Å². The third-order valence-corrected chi connectivity index (χ3v) is 3.55. The average molecular weight is 248 g/mol. The van der Waals surface area contributed by atoms with Crippen molar-refractivity contribution in [3.8, 4) is 0 Å². The van der Waals surface area contributed by atoms with Crippen LogP contribution in [0.3, 0.4) is 0 Å². The lowest BCUT2D eigenvalue weighted by atomic mass is 10.3. The van der Waals surface area contributed by atoms with E-state index in [0.29, 0.717) is 18.9 Å². The van der Waals surface area contributed by atoms with Crippen molar-refractivity contribution in [3.05, 3.63) is 11.9 Å². The standard InChI is InChI=1S/C8H15N3O4P/c1-11-6-8(9-10-11)7-15-16(12)13-4-2-3-5-14-16/h6,12H,2-5,7H2,1H3/q+1. The lowest BCUT2D eigenvalue weighted by Crippen LogP contribution is -2.05. The summed E-state index contributed by atoms with van der Waals surface area (Å²) < 4.78 is 17.2. The van der Waals surface area contributed by atoms with Gasteiger partial charge in [0.15, 0.2) is 0 Å². The molecule has 90 valence electrons. The van der Waals surface area contributed by atoms with Crippen LogP contribution in [0.4, 0.5) is 0 Å². The van der Waals surface area contributed by atoms with Gasteiger partial charge in [0.1, 0.15) is 25.5 Å². The van der Waals surface area contributed by atoms with Crippen LogP contribution in [0.25, 0.3) is 0 Å². The topological polar surface area (TPSA) is 78.6 Å². The number of nitrogens with zero attached hydrogens (tertiary/aromatic N) is 3. The van der Waals surface area contributed by atoms with Gasteiger partial charge in [0, 0.05) is 7.05 Å². The number of hydrogen-bond donors (Lipinski definition) is 1. The van der Waals surface area contributed by atoms with E-state index >= 15 is 0 Å². The zero-order valence-electron chi connectivity index (χ0n) is 9.07. The van der Waals surface area contributed by atoms with Gasteiger partial charge >= 0.3 is 8.17 Å². The molecule has 0 amide bonds. The van der Waals surface area contributed by atoms with Gasteiger partial charge in [-0.05, 0) is 12.8 Å². The number of aromatic nitrogens is 3. The van der Waals surface area contributed by atoms with Crippen molar-refractivity contribution in [2.75, 3.05) is 13.2 Å². The molecule has 1 aliphatic rings. The minimum atomic E-state index is -3.14. The summed E-state index contributed by atoms with van der Waals surface area (Å²) in [5.74, 6) is 0. The van der Waals surface area contributed by atoms with Crippen LogP contribution in [0.5, 0.6) is 0 Å². The molecule has 16 heavy (non-hydrogen) atoms. The molecule has 0 unspecified atom stereocenters. The summed E-state index contributed by atoms with van der Waals surface area (Å²) >= 11 is 0. The molecular formula is C8H15N3O4P+. The van der Waals surface area contributed by atoms with Crippen molar-refractivity contribution in [2.45, 2.75) is 19.4 Å². The van der Waals surface area contributed by atoms with Gasteiger partial charge in [-0.2, -0.15) is 13.9 Å². The van der Waals surface area contributed by atoms with Crippen molar-refractivity contribution < 1.29 is 18.5 Å². The first-order valence-electron chi connectivity index (χ1n) is 5.08. The third-order valence-electron chi connectivity index (χ3n) is 2.07. The molecule has 1 aliphatic heterocycles. The number of hydrogen-bond acceptors (Lipinski definition) is 6. The van der Waals surface area contributed by atoms with Crippen LogP contribution in [0.1, 0.15) is 18.5 Å². The normalized spacial score (nSPS) is 20.6. The Bertz CT molecular complexity index is 338. The van der Waals surface area contributed by atoms with Gasteiger partial charge in [-0.1, -0.05) is 5.21 Å².